The number of nitrogens with zero attached hydrogens (tertiary/aromatic N) is 2. The summed E-state index contributed by atoms with van der Waals surface area (Å²) in [5.74, 6) is -2.80. The highest BCUT2D eigenvalue weighted by molar-refractivity contribution is 5.83. The van der Waals surface area contributed by atoms with Gasteiger partial charge in [0.15, 0.2) is 6.29 Å². The van der Waals surface area contributed by atoms with E-state index in [4.69, 9.17) is 14.2 Å². The number of ether oxygens (including phenoxy) is 3. The smallest absolute Gasteiger partial charge is 0.311 e. The molecule has 2 heterocycles. The number of carbonyl (C=O) groups excluding carboxylic acids is 2. The number of esters is 1. The number of nitrogens with one attached hydrogen (secondary N) is 1. The zero-order valence-corrected chi connectivity index (χ0v) is 37.7. The third-order valence-electron chi connectivity index (χ3n) is 12.7. The zero-order valence-electron chi connectivity index (χ0n) is 37.7. The normalized spacial score (nSPS) is 38.2. The Hall–Kier alpha value is -2.20. The van der Waals surface area contributed by atoms with Crippen LogP contribution >= 0.6 is 0 Å². The summed E-state index contributed by atoms with van der Waals surface area (Å²) in [7, 11) is 3.74. The molecule has 0 bridgehead atoms. The molecule has 0 saturated carbocycles. The number of benzene rings is 1. The molecule has 0 radical (unpaired) electrons. The summed E-state index contributed by atoms with van der Waals surface area (Å²) in [6.07, 6.45) is -4.85. The molecule has 0 aromatic heterocycles. The molecule has 334 valence electrons. The van der Waals surface area contributed by atoms with Crippen molar-refractivity contribution in [3.05, 3.63) is 35.4 Å². The number of cyclic esters (lactones) is 1. The molecule has 3 rings (SSSR count). The molecule has 0 aliphatic carbocycles. The Morgan fingerprint density at radius 1 is 1.02 bits per heavy atom. The van der Waals surface area contributed by atoms with E-state index in [1.165, 1.54) is 19.4 Å². The molecule has 13 nitrogen and oxygen atoms in total. The van der Waals surface area contributed by atoms with E-state index < -0.39 is 71.9 Å². The number of aliphatic hydroxyl groups excluding tert-OH is 3. The molecule has 2 fully saturated rings. The van der Waals surface area contributed by atoms with E-state index in [2.05, 4.69) is 31.3 Å². The fourth-order valence-corrected chi connectivity index (χ4v) is 9.11. The van der Waals surface area contributed by atoms with Crippen LogP contribution in [0.5, 0.6) is 0 Å². The van der Waals surface area contributed by atoms with Crippen molar-refractivity contribution in [2.75, 3.05) is 33.7 Å². The second kappa shape index (κ2) is 21.5. The fraction of sp³-hybridized carbons (Fsp3) is 0.822. The Morgan fingerprint density at radius 3 is 2.21 bits per heavy atom. The first-order valence-electron chi connectivity index (χ1n) is 21.7. The van der Waals surface area contributed by atoms with Crippen LogP contribution in [0.15, 0.2) is 24.3 Å². The third-order valence-corrected chi connectivity index (χ3v) is 12.7. The SMILES string of the molecule is CC[C@H]1OC(=O)[C@H](C)[C@@H](O)[C@H](C)[C@@H](O[C@@H]2O[C@H](C)C[C@H](N(C)C)[C@H]2O)[C@](C)(O)C[C@@H](C)CN(CCCNC(=O)[C@@H](C)c2ccc(CC(C)C)cc2)[C@H](C)[C@@H](O)[C@]1(C)O. The van der Waals surface area contributed by atoms with Gasteiger partial charge in [-0.25, -0.2) is 0 Å². The fourth-order valence-electron chi connectivity index (χ4n) is 9.11. The zero-order chi connectivity index (χ0) is 43.9. The summed E-state index contributed by atoms with van der Waals surface area (Å²) in [6.45, 7) is 21.2. The molecule has 6 N–H and O–H groups in total. The van der Waals surface area contributed by atoms with E-state index in [9.17, 15) is 35.1 Å². The second-order valence-corrected chi connectivity index (χ2v) is 18.9. The lowest BCUT2D eigenvalue weighted by Crippen LogP contribution is -2.59. The summed E-state index contributed by atoms with van der Waals surface area (Å²) in [5.41, 5.74) is -1.27. The minimum atomic E-state index is -1.86. The highest BCUT2D eigenvalue weighted by Crippen LogP contribution is 2.37. The van der Waals surface area contributed by atoms with Crippen molar-refractivity contribution in [1.29, 1.82) is 0 Å². The lowest BCUT2D eigenvalue weighted by atomic mass is 9.78. The summed E-state index contributed by atoms with van der Waals surface area (Å²) in [5, 5.41) is 62.2. The van der Waals surface area contributed by atoms with Gasteiger partial charge in [-0.15, -0.1) is 0 Å². The maximum absolute atomic E-state index is 13.7. The van der Waals surface area contributed by atoms with E-state index in [0.717, 1.165) is 12.0 Å². The number of aliphatic hydroxyl groups is 5. The van der Waals surface area contributed by atoms with Crippen molar-refractivity contribution in [2.45, 2.75) is 180 Å². The van der Waals surface area contributed by atoms with Crippen molar-refractivity contribution in [2.24, 2.45) is 23.7 Å². The van der Waals surface area contributed by atoms with Gasteiger partial charge in [0, 0.05) is 37.6 Å². The van der Waals surface area contributed by atoms with Gasteiger partial charge in [0.05, 0.1) is 35.7 Å². The Balaban J connectivity index is 1.90. The molecule has 15 atom stereocenters. The number of rotatable bonds is 12. The van der Waals surface area contributed by atoms with Crippen LogP contribution in [0.4, 0.5) is 0 Å². The number of likely N-dealkylation sites (N-methyl/N-ethyl adjacent to an activating group) is 1. The van der Waals surface area contributed by atoms with Gasteiger partial charge in [-0.1, -0.05) is 58.9 Å². The van der Waals surface area contributed by atoms with Gasteiger partial charge < -0.3 is 50.0 Å². The molecule has 1 aromatic carbocycles. The van der Waals surface area contributed by atoms with E-state index in [1.807, 2.05) is 63.7 Å². The van der Waals surface area contributed by atoms with Gasteiger partial charge in [-0.05, 0) is 111 Å². The lowest BCUT2D eigenvalue weighted by molar-refractivity contribution is -0.299. The number of amides is 1. The van der Waals surface area contributed by atoms with E-state index >= 15 is 0 Å². The standard InChI is InChI=1S/C45H79N3O10/c1-14-36-45(11,55)39(51)32(9)48(21-15-20-46-41(52)29(6)34-18-16-33(17-19-34)22-26(2)3)25-27(4)24-44(10,54)40(30(7)37(49)31(8)42(53)57-36)58-43-38(50)35(47(12)13)23-28(5)56-43/h16-19,26-32,35-40,43,49-51,54-55H,14-15,20-25H2,1-13H3,(H,46,52)/t27-,28-,29+,30+,31-,32-,35+,36-,37+,38-,39-,40-,43+,44-,45-/m1/s1. The topological polar surface area (TPSA) is 181 Å². The van der Waals surface area contributed by atoms with E-state index in [-0.39, 0.29) is 42.7 Å². The third kappa shape index (κ3) is 12.9. The monoisotopic (exact) mass is 822 g/mol. The maximum Gasteiger partial charge on any atom is 0.311 e. The average molecular weight is 822 g/mol. The van der Waals surface area contributed by atoms with Crippen LogP contribution in [0.1, 0.15) is 119 Å². The molecule has 2 aliphatic heterocycles. The van der Waals surface area contributed by atoms with Crippen molar-refractivity contribution >= 4 is 11.9 Å². The second-order valence-electron chi connectivity index (χ2n) is 18.9. The minimum absolute atomic E-state index is 0.0864. The van der Waals surface area contributed by atoms with Gasteiger partial charge in [-0.3, -0.25) is 14.5 Å². The van der Waals surface area contributed by atoms with Crippen LogP contribution in [0.25, 0.3) is 0 Å². The van der Waals surface area contributed by atoms with Crippen molar-refractivity contribution in [3.63, 3.8) is 0 Å². The summed E-state index contributed by atoms with van der Waals surface area (Å²) in [4.78, 5) is 30.8. The summed E-state index contributed by atoms with van der Waals surface area (Å²) >= 11 is 0. The number of hydrogen-bond donors (Lipinski definition) is 6. The average Bonchev–Trinajstić information content (AvgIpc) is 3.15. The first-order chi connectivity index (χ1) is 26.9. The Labute approximate surface area is 348 Å². The van der Waals surface area contributed by atoms with Crippen molar-refractivity contribution in [3.8, 4) is 0 Å². The van der Waals surface area contributed by atoms with Gasteiger partial charge >= 0.3 is 5.97 Å². The highest BCUT2D eigenvalue weighted by atomic mass is 16.7. The molecule has 58 heavy (non-hydrogen) atoms. The Kier molecular flexibility index (Phi) is 18.6. The maximum atomic E-state index is 13.7. The predicted molar refractivity (Wildman–Crippen MR) is 225 cm³/mol. The molecule has 1 amide bonds. The highest BCUT2D eigenvalue weighted by Gasteiger charge is 2.50. The lowest BCUT2D eigenvalue weighted by Gasteiger charge is -2.46. The first kappa shape index (κ1) is 50.2. The van der Waals surface area contributed by atoms with E-state index in [0.29, 0.717) is 38.4 Å². The van der Waals surface area contributed by atoms with Gasteiger partial charge in [0.2, 0.25) is 5.91 Å². The molecular weight excluding hydrogens is 743 g/mol. The largest absolute Gasteiger partial charge is 0.459 e. The van der Waals surface area contributed by atoms with Crippen LogP contribution in [0.2, 0.25) is 0 Å². The molecular formula is C45H79N3O10. The molecule has 2 aliphatic rings. The van der Waals surface area contributed by atoms with Gasteiger partial charge in [-0.2, -0.15) is 0 Å². The predicted octanol–water partition coefficient (Wildman–Crippen LogP) is 3.85. The van der Waals surface area contributed by atoms with Crippen molar-refractivity contribution < 1.29 is 49.3 Å². The van der Waals surface area contributed by atoms with Crippen LogP contribution in [-0.4, -0.2) is 147 Å². The summed E-state index contributed by atoms with van der Waals surface area (Å²) < 4.78 is 18.5. The number of hydrogen-bond acceptors (Lipinski definition) is 12. The van der Waals surface area contributed by atoms with E-state index in [1.54, 1.807) is 20.8 Å². The van der Waals surface area contributed by atoms with Crippen LogP contribution in [0, 0.1) is 23.7 Å². The molecule has 2 saturated heterocycles. The van der Waals surface area contributed by atoms with Gasteiger partial charge in [0.25, 0.3) is 0 Å². The molecule has 13 heteroatoms. The van der Waals surface area contributed by atoms with Crippen LogP contribution < -0.4 is 5.32 Å². The Bertz CT molecular complexity index is 1420. The summed E-state index contributed by atoms with van der Waals surface area (Å²) in [6, 6.07) is 7.28. The molecule has 0 spiro atoms. The minimum Gasteiger partial charge on any atom is -0.459 e. The Morgan fingerprint density at radius 2 is 1.64 bits per heavy atom. The van der Waals surface area contributed by atoms with Crippen LogP contribution in [-0.2, 0) is 30.2 Å². The number of carbonyl (C=O) groups is 2. The van der Waals surface area contributed by atoms with Crippen molar-refractivity contribution in [1.82, 2.24) is 15.1 Å². The molecule has 1 aromatic rings. The molecule has 0 unspecified atom stereocenters. The van der Waals surface area contributed by atoms with Crippen LogP contribution in [0.3, 0.4) is 0 Å². The van der Waals surface area contributed by atoms with Gasteiger partial charge in [0.1, 0.15) is 23.9 Å². The quantitative estimate of drug-likeness (QED) is 0.133. The first-order valence-corrected chi connectivity index (χ1v) is 21.7.